The Balaban J connectivity index is 2.85. The topological polar surface area (TPSA) is 45.1 Å². The van der Waals surface area contributed by atoms with Gasteiger partial charge in [0.2, 0.25) is 0 Å². The van der Waals surface area contributed by atoms with Crippen molar-refractivity contribution in [1.82, 2.24) is 4.98 Å². The van der Waals surface area contributed by atoms with Gasteiger partial charge >= 0.3 is 0 Å². The van der Waals surface area contributed by atoms with Crippen LogP contribution in [0.2, 0.25) is 0 Å². The molecule has 0 unspecified atom stereocenters. The van der Waals surface area contributed by atoms with Crippen molar-refractivity contribution in [2.45, 2.75) is 0 Å². The molecule has 45 valence electrons. The van der Waals surface area contributed by atoms with E-state index in [1.807, 2.05) is 0 Å². The van der Waals surface area contributed by atoms with E-state index >= 15 is 0 Å². The van der Waals surface area contributed by atoms with Gasteiger partial charge in [0.05, 0.1) is 6.21 Å². The fourth-order valence-corrected chi connectivity index (χ4v) is 0.513. The van der Waals surface area contributed by atoms with Crippen LogP contribution in [0.3, 0.4) is 0 Å². The summed E-state index contributed by atoms with van der Waals surface area (Å²) in [7, 11) is 0. The normalized spacial score (nSPS) is 10.2. The highest BCUT2D eigenvalue weighted by molar-refractivity contribution is 5.78. The van der Waals surface area contributed by atoms with Crippen LogP contribution in [-0.2, 0) is 5.21 Å². The monoisotopic (exact) mass is 121 g/mol. The minimum absolute atomic E-state index is 0.729. The second-order valence-corrected chi connectivity index (χ2v) is 1.52. The van der Waals surface area contributed by atoms with Crippen molar-refractivity contribution in [3.63, 3.8) is 0 Å². The van der Waals surface area contributed by atoms with Gasteiger partial charge in [-0.25, -0.2) is 0 Å². The van der Waals surface area contributed by atoms with Gasteiger partial charge in [-0.2, -0.15) is 0 Å². The molecular formula is C6H5N2O. The molecule has 1 aromatic heterocycles. The number of hydrogen-bond donors (Lipinski definition) is 0. The van der Waals surface area contributed by atoms with Crippen LogP contribution in [0.1, 0.15) is 5.56 Å². The summed E-state index contributed by atoms with van der Waals surface area (Å²) in [5.41, 5.74) is 0.729. The Morgan fingerprint density at radius 1 is 1.67 bits per heavy atom. The minimum atomic E-state index is 0.729. The lowest BCUT2D eigenvalue weighted by Crippen LogP contribution is -1.79. The first kappa shape index (κ1) is 5.75. The van der Waals surface area contributed by atoms with Crippen molar-refractivity contribution in [2.24, 2.45) is 5.16 Å². The van der Waals surface area contributed by atoms with E-state index in [1.165, 1.54) is 6.21 Å². The summed E-state index contributed by atoms with van der Waals surface area (Å²) in [5, 5.41) is 12.2. The van der Waals surface area contributed by atoms with Gasteiger partial charge in [-0.3, -0.25) is 4.98 Å². The van der Waals surface area contributed by atoms with E-state index in [1.54, 1.807) is 24.5 Å². The third-order valence-electron chi connectivity index (χ3n) is 0.886. The maximum absolute atomic E-state index is 9.64. The predicted molar refractivity (Wildman–Crippen MR) is 32.5 cm³/mol. The molecule has 0 amide bonds. The van der Waals surface area contributed by atoms with E-state index in [0.29, 0.717) is 0 Å². The van der Waals surface area contributed by atoms with Gasteiger partial charge in [0.1, 0.15) is 0 Å². The van der Waals surface area contributed by atoms with Crippen LogP contribution in [0.25, 0.3) is 0 Å². The van der Waals surface area contributed by atoms with Crippen molar-refractivity contribution in [3.8, 4) is 0 Å². The summed E-state index contributed by atoms with van der Waals surface area (Å²) in [6, 6.07) is 3.51. The van der Waals surface area contributed by atoms with Crippen molar-refractivity contribution in [1.29, 1.82) is 0 Å². The highest BCUT2D eigenvalue weighted by Crippen LogP contribution is 1.88. The Bertz CT molecular complexity index is 195. The van der Waals surface area contributed by atoms with Crippen molar-refractivity contribution >= 4 is 6.21 Å². The molecule has 9 heavy (non-hydrogen) atoms. The number of aromatic nitrogens is 1. The maximum atomic E-state index is 9.64. The van der Waals surface area contributed by atoms with E-state index in [9.17, 15) is 5.21 Å². The molecule has 0 bridgehead atoms. The van der Waals surface area contributed by atoms with E-state index in [-0.39, 0.29) is 0 Å². The van der Waals surface area contributed by atoms with Crippen LogP contribution in [0, 0.1) is 0 Å². The summed E-state index contributed by atoms with van der Waals surface area (Å²) >= 11 is 0. The molecule has 1 rings (SSSR count). The zero-order valence-corrected chi connectivity index (χ0v) is 4.69. The van der Waals surface area contributed by atoms with Gasteiger partial charge in [-0.1, -0.05) is 6.07 Å². The minimum Gasteiger partial charge on any atom is -0.264 e. The summed E-state index contributed by atoms with van der Waals surface area (Å²) in [5.74, 6) is 0. The molecule has 0 aromatic carbocycles. The van der Waals surface area contributed by atoms with Crippen molar-refractivity contribution in [2.75, 3.05) is 0 Å². The first-order valence-corrected chi connectivity index (χ1v) is 2.49. The Hall–Kier alpha value is -1.38. The van der Waals surface area contributed by atoms with Gasteiger partial charge in [0.25, 0.3) is 0 Å². The lowest BCUT2D eigenvalue weighted by Gasteiger charge is -1.83. The molecule has 0 fully saturated rings. The smallest absolute Gasteiger partial charge is 0.0802 e. The number of rotatable bonds is 1. The van der Waals surface area contributed by atoms with Crippen molar-refractivity contribution < 1.29 is 5.21 Å². The van der Waals surface area contributed by atoms with Crippen LogP contribution in [0.15, 0.2) is 29.7 Å². The molecular weight excluding hydrogens is 116 g/mol. The molecule has 0 N–H and O–H groups in total. The predicted octanol–water partition coefficient (Wildman–Crippen LogP) is 0.846. The standard InChI is InChI=1S/C6H5N2O/c9-8-5-6-2-1-3-7-4-6/h1-5H/b8-5+. The summed E-state index contributed by atoms with van der Waals surface area (Å²) in [6.07, 6.45) is 4.43. The van der Waals surface area contributed by atoms with E-state index in [2.05, 4.69) is 10.1 Å². The third kappa shape index (κ3) is 1.53. The molecule has 0 saturated heterocycles. The van der Waals surface area contributed by atoms with Crippen LogP contribution in [0.4, 0.5) is 0 Å². The second kappa shape index (κ2) is 2.81. The van der Waals surface area contributed by atoms with E-state index < -0.39 is 0 Å². The molecule has 1 aromatic rings. The number of pyridine rings is 1. The first-order chi connectivity index (χ1) is 4.43. The average Bonchev–Trinajstić information content (AvgIpc) is 1.91. The SMILES string of the molecule is [O]/N=C/c1cccnc1. The molecule has 0 aliphatic heterocycles. The number of hydrogen-bond acceptors (Lipinski definition) is 2. The highest BCUT2D eigenvalue weighted by Gasteiger charge is 1.81. The van der Waals surface area contributed by atoms with E-state index in [0.717, 1.165) is 5.56 Å². The molecule has 0 saturated carbocycles. The van der Waals surface area contributed by atoms with Gasteiger partial charge in [0.15, 0.2) is 0 Å². The third-order valence-corrected chi connectivity index (χ3v) is 0.886. The molecule has 1 radical (unpaired) electrons. The molecule has 0 aliphatic carbocycles. The first-order valence-electron chi connectivity index (χ1n) is 2.49. The Kier molecular flexibility index (Phi) is 1.80. The summed E-state index contributed by atoms with van der Waals surface area (Å²) in [4.78, 5) is 3.77. The molecule has 0 atom stereocenters. The van der Waals surface area contributed by atoms with Gasteiger partial charge in [0, 0.05) is 18.0 Å². The van der Waals surface area contributed by atoms with Crippen LogP contribution < -0.4 is 0 Å². The lowest BCUT2D eigenvalue weighted by molar-refractivity contribution is 0.211. The molecule has 1 heterocycles. The van der Waals surface area contributed by atoms with Crippen molar-refractivity contribution in [3.05, 3.63) is 30.1 Å². The highest BCUT2D eigenvalue weighted by atomic mass is 16.4. The van der Waals surface area contributed by atoms with E-state index in [4.69, 9.17) is 0 Å². The molecule has 0 spiro atoms. The van der Waals surface area contributed by atoms with Gasteiger partial charge in [-0.15, -0.1) is 5.21 Å². The Labute approximate surface area is 52.7 Å². The summed E-state index contributed by atoms with van der Waals surface area (Å²) in [6.45, 7) is 0. The molecule has 3 nitrogen and oxygen atoms in total. The lowest BCUT2D eigenvalue weighted by atomic mass is 10.3. The Morgan fingerprint density at radius 3 is 3.11 bits per heavy atom. The van der Waals surface area contributed by atoms with Crippen LogP contribution in [-0.4, -0.2) is 11.2 Å². The Morgan fingerprint density at radius 2 is 2.56 bits per heavy atom. The maximum Gasteiger partial charge on any atom is 0.0802 e. The molecule has 3 heteroatoms. The second-order valence-electron chi connectivity index (χ2n) is 1.52. The van der Waals surface area contributed by atoms with Gasteiger partial charge in [-0.05, 0) is 11.2 Å². The quantitative estimate of drug-likeness (QED) is 0.401. The number of nitrogens with zero attached hydrogens (tertiary/aromatic N) is 2. The zero-order valence-electron chi connectivity index (χ0n) is 4.69. The van der Waals surface area contributed by atoms with Crippen LogP contribution >= 0.6 is 0 Å². The largest absolute Gasteiger partial charge is 0.264 e. The van der Waals surface area contributed by atoms with Gasteiger partial charge < -0.3 is 0 Å². The summed E-state index contributed by atoms with van der Waals surface area (Å²) < 4.78 is 0. The average molecular weight is 121 g/mol. The fraction of sp³-hybridized carbons (Fsp3) is 0. The zero-order chi connectivity index (χ0) is 6.53. The fourth-order valence-electron chi connectivity index (χ4n) is 0.513. The molecule has 0 aliphatic rings. The van der Waals surface area contributed by atoms with Crippen LogP contribution in [0.5, 0.6) is 0 Å².